The summed E-state index contributed by atoms with van der Waals surface area (Å²) >= 11 is 4.74. The second-order valence-electron chi connectivity index (χ2n) is 3.24. The minimum Gasteiger partial charge on any atom is -0.497 e. The van der Waals surface area contributed by atoms with Gasteiger partial charge in [-0.05, 0) is 24.3 Å². The van der Waals surface area contributed by atoms with Crippen LogP contribution in [-0.2, 0) is 4.79 Å². The third-order valence-corrected chi connectivity index (χ3v) is 2.26. The number of carbonyl (C=O) groups excluding carboxylic acids is 1. The van der Waals surface area contributed by atoms with Crippen molar-refractivity contribution in [2.24, 2.45) is 10.8 Å². The fraction of sp³-hybridized carbons (Fsp3) is 0.182. The first kappa shape index (κ1) is 13.9. The Morgan fingerprint density at radius 1 is 1.39 bits per heavy atom. The molecule has 0 aromatic heterocycles. The Hall–Kier alpha value is -2.15. The number of ether oxygens (including phenoxy) is 1. The first-order valence-electron chi connectivity index (χ1n) is 5.08. The van der Waals surface area contributed by atoms with Crippen molar-refractivity contribution in [2.75, 3.05) is 19.6 Å². The quantitative estimate of drug-likeness (QED) is 0.410. The standard InChI is InChI=1S/C11H14N4O2S/c1-13-11(16)9(10(12)18)15-14-7-3-5-8(17-2)6-4-7/h3-6,14H,1-2H3,(H2,12,18)(H,13,16)/b15-9-. The number of amides is 1. The molecule has 0 aliphatic carbocycles. The van der Waals surface area contributed by atoms with Crippen LogP contribution in [-0.4, -0.2) is 30.8 Å². The molecular formula is C11H14N4O2S. The van der Waals surface area contributed by atoms with E-state index < -0.39 is 5.91 Å². The number of rotatable bonds is 5. The number of nitrogens with one attached hydrogen (secondary N) is 2. The summed E-state index contributed by atoms with van der Waals surface area (Å²) in [4.78, 5) is 11.3. The van der Waals surface area contributed by atoms with E-state index in [1.807, 2.05) is 0 Å². The van der Waals surface area contributed by atoms with Crippen LogP contribution < -0.4 is 21.2 Å². The summed E-state index contributed by atoms with van der Waals surface area (Å²) in [5.41, 5.74) is 8.76. The number of anilines is 1. The highest BCUT2D eigenvalue weighted by Gasteiger charge is 2.12. The molecule has 0 radical (unpaired) electrons. The highest BCUT2D eigenvalue weighted by atomic mass is 32.1. The number of carbonyl (C=O) groups is 1. The SMILES string of the molecule is CNC(=O)/C(=N\Nc1ccc(OC)cc1)C(N)=S. The smallest absolute Gasteiger partial charge is 0.274 e. The molecular weight excluding hydrogens is 252 g/mol. The van der Waals surface area contributed by atoms with E-state index in [-0.39, 0.29) is 10.7 Å². The van der Waals surface area contributed by atoms with E-state index in [2.05, 4.69) is 15.8 Å². The molecule has 6 nitrogen and oxygen atoms in total. The molecule has 0 spiro atoms. The van der Waals surface area contributed by atoms with Gasteiger partial charge in [0.25, 0.3) is 5.91 Å². The lowest BCUT2D eigenvalue weighted by molar-refractivity contribution is -0.114. The van der Waals surface area contributed by atoms with Crippen molar-refractivity contribution in [2.45, 2.75) is 0 Å². The Bertz CT molecular complexity index is 470. The van der Waals surface area contributed by atoms with Gasteiger partial charge in [0.15, 0.2) is 5.71 Å². The zero-order chi connectivity index (χ0) is 13.5. The zero-order valence-electron chi connectivity index (χ0n) is 10.1. The van der Waals surface area contributed by atoms with Crippen molar-refractivity contribution in [3.63, 3.8) is 0 Å². The summed E-state index contributed by atoms with van der Waals surface area (Å²) in [5.74, 6) is 0.286. The molecule has 0 atom stereocenters. The molecule has 4 N–H and O–H groups in total. The molecule has 0 heterocycles. The lowest BCUT2D eigenvalue weighted by Crippen LogP contribution is -2.37. The number of nitrogens with two attached hydrogens (primary N) is 1. The van der Waals surface area contributed by atoms with Crippen LogP contribution in [0.1, 0.15) is 0 Å². The maximum Gasteiger partial charge on any atom is 0.274 e. The van der Waals surface area contributed by atoms with E-state index in [1.54, 1.807) is 31.4 Å². The van der Waals surface area contributed by atoms with Gasteiger partial charge in [-0.1, -0.05) is 12.2 Å². The molecule has 7 heteroatoms. The average Bonchev–Trinajstić information content (AvgIpc) is 2.39. The fourth-order valence-corrected chi connectivity index (χ4v) is 1.26. The van der Waals surface area contributed by atoms with Gasteiger partial charge < -0.3 is 15.8 Å². The minimum absolute atomic E-state index is 0.0247. The molecule has 0 aliphatic rings. The predicted molar refractivity (Wildman–Crippen MR) is 74.9 cm³/mol. The average molecular weight is 266 g/mol. The van der Waals surface area contributed by atoms with E-state index in [1.165, 1.54) is 7.05 Å². The van der Waals surface area contributed by atoms with Gasteiger partial charge in [-0.3, -0.25) is 10.2 Å². The number of hydrogen-bond acceptors (Lipinski definition) is 5. The van der Waals surface area contributed by atoms with Crippen molar-refractivity contribution < 1.29 is 9.53 Å². The summed E-state index contributed by atoms with van der Waals surface area (Å²) in [6, 6.07) is 7.03. The molecule has 0 saturated carbocycles. The van der Waals surface area contributed by atoms with Gasteiger partial charge in [0.05, 0.1) is 12.8 Å². The first-order chi connectivity index (χ1) is 8.58. The maximum absolute atomic E-state index is 11.4. The normalized spacial score (nSPS) is 10.7. The van der Waals surface area contributed by atoms with Gasteiger partial charge in [0.1, 0.15) is 10.7 Å². The largest absolute Gasteiger partial charge is 0.497 e. The van der Waals surface area contributed by atoms with Crippen LogP contribution in [0.4, 0.5) is 5.69 Å². The number of thiocarbonyl (C=S) groups is 1. The highest BCUT2D eigenvalue weighted by molar-refractivity contribution is 7.82. The van der Waals surface area contributed by atoms with Crippen LogP contribution in [0, 0.1) is 0 Å². The maximum atomic E-state index is 11.4. The third-order valence-electron chi connectivity index (χ3n) is 2.06. The Labute approximate surface area is 110 Å². The number of hydrazone groups is 1. The number of hydrogen-bond donors (Lipinski definition) is 3. The van der Waals surface area contributed by atoms with Gasteiger partial charge in [-0.2, -0.15) is 5.10 Å². The van der Waals surface area contributed by atoms with Gasteiger partial charge in [0.2, 0.25) is 0 Å². The topological polar surface area (TPSA) is 88.7 Å². The van der Waals surface area contributed by atoms with E-state index >= 15 is 0 Å². The third kappa shape index (κ3) is 3.70. The van der Waals surface area contributed by atoms with Crippen LogP contribution in [0.15, 0.2) is 29.4 Å². The molecule has 96 valence electrons. The monoisotopic (exact) mass is 266 g/mol. The summed E-state index contributed by atoms with van der Waals surface area (Å²) in [5, 5.41) is 6.27. The van der Waals surface area contributed by atoms with Crippen LogP contribution in [0.3, 0.4) is 0 Å². The summed E-state index contributed by atoms with van der Waals surface area (Å²) in [6.07, 6.45) is 0. The Kier molecular flexibility index (Phi) is 5.06. The minimum atomic E-state index is -0.441. The molecule has 1 aromatic rings. The molecule has 0 bridgehead atoms. The Morgan fingerprint density at radius 2 is 2.00 bits per heavy atom. The number of methoxy groups -OCH3 is 1. The van der Waals surface area contributed by atoms with E-state index in [0.717, 1.165) is 5.75 Å². The lowest BCUT2D eigenvalue weighted by atomic mass is 10.3. The van der Waals surface area contributed by atoms with Gasteiger partial charge >= 0.3 is 0 Å². The van der Waals surface area contributed by atoms with Gasteiger partial charge in [-0.25, -0.2) is 0 Å². The van der Waals surface area contributed by atoms with Crippen molar-refractivity contribution in [3.8, 4) is 5.75 Å². The van der Waals surface area contributed by atoms with E-state index in [9.17, 15) is 4.79 Å². The summed E-state index contributed by atoms with van der Waals surface area (Å²) in [6.45, 7) is 0. The first-order valence-corrected chi connectivity index (χ1v) is 5.49. The van der Waals surface area contributed by atoms with E-state index in [0.29, 0.717) is 5.69 Å². The Morgan fingerprint density at radius 3 is 2.44 bits per heavy atom. The van der Waals surface area contributed by atoms with Crippen molar-refractivity contribution in [1.82, 2.24) is 5.32 Å². The lowest BCUT2D eigenvalue weighted by Gasteiger charge is -2.05. The predicted octanol–water partition coefficient (Wildman–Crippen LogP) is 0.495. The number of benzene rings is 1. The van der Waals surface area contributed by atoms with Crippen LogP contribution in [0.5, 0.6) is 5.75 Å². The molecule has 18 heavy (non-hydrogen) atoms. The molecule has 1 amide bonds. The fourth-order valence-electron chi connectivity index (χ4n) is 1.12. The molecule has 0 aliphatic heterocycles. The number of nitrogens with zero attached hydrogens (tertiary/aromatic N) is 1. The summed E-state index contributed by atoms with van der Waals surface area (Å²) in [7, 11) is 3.06. The van der Waals surface area contributed by atoms with Crippen LogP contribution >= 0.6 is 12.2 Å². The molecule has 0 fully saturated rings. The van der Waals surface area contributed by atoms with E-state index in [4.69, 9.17) is 22.7 Å². The van der Waals surface area contributed by atoms with Gasteiger partial charge in [0, 0.05) is 7.05 Å². The van der Waals surface area contributed by atoms with Crippen LogP contribution in [0.25, 0.3) is 0 Å². The second-order valence-corrected chi connectivity index (χ2v) is 3.68. The molecule has 0 unspecified atom stereocenters. The van der Waals surface area contributed by atoms with Gasteiger partial charge in [-0.15, -0.1) is 0 Å². The zero-order valence-corrected chi connectivity index (χ0v) is 10.9. The molecule has 0 saturated heterocycles. The molecule has 1 rings (SSSR count). The summed E-state index contributed by atoms with van der Waals surface area (Å²) < 4.78 is 5.02. The Balaban J connectivity index is 2.81. The van der Waals surface area contributed by atoms with Crippen molar-refractivity contribution in [1.29, 1.82) is 0 Å². The van der Waals surface area contributed by atoms with Crippen LogP contribution in [0.2, 0.25) is 0 Å². The second kappa shape index (κ2) is 6.55. The highest BCUT2D eigenvalue weighted by Crippen LogP contribution is 2.14. The van der Waals surface area contributed by atoms with Crippen molar-refractivity contribution in [3.05, 3.63) is 24.3 Å². The molecule has 1 aromatic carbocycles. The van der Waals surface area contributed by atoms with Crippen molar-refractivity contribution >= 4 is 34.5 Å².